The van der Waals surface area contributed by atoms with Gasteiger partial charge in [-0.05, 0) is 55.3 Å². The van der Waals surface area contributed by atoms with Crippen molar-refractivity contribution in [1.29, 1.82) is 0 Å². The van der Waals surface area contributed by atoms with Crippen molar-refractivity contribution in [3.63, 3.8) is 0 Å². The molecule has 2 aliphatic heterocycles. The van der Waals surface area contributed by atoms with Crippen LogP contribution in [-0.2, 0) is 24.5 Å². The third-order valence-electron chi connectivity index (χ3n) is 6.35. The first-order chi connectivity index (χ1) is 15.8. The van der Waals surface area contributed by atoms with Crippen LogP contribution in [0.5, 0.6) is 0 Å². The van der Waals surface area contributed by atoms with Crippen LogP contribution < -0.4 is 16.0 Å². The molecular formula is C24H19BrClN3O4. The van der Waals surface area contributed by atoms with Crippen molar-refractivity contribution < 1.29 is 19.1 Å². The van der Waals surface area contributed by atoms with Gasteiger partial charge in [-0.3, -0.25) is 14.5 Å². The molecule has 1 spiro atoms. The largest absolute Gasteiger partial charge is 0.466 e. The van der Waals surface area contributed by atoms with E-state index in [9.17, 15) is 14.4 Å². The first-order valence-electron chi connectivity index (χ1n) is 10.3. The van der Waals surface area contributed by atoms with Crippen molar-refractivity contribution in [3.8, 4) is 0 Å². The van der Waals surface area contributed by atoms with E-state index in [-0.39, 0.29) is 29.2 Å². The molecule has 1 aliphatic carbocycles. The number of anilines is 2. The highest BCUT2D eigenvalue weighted by atomic mass is 79.9. The van der Waals surface area contributed by atoms with Crippen molar-refractivity contribution in [2.75, 3.05) is 17.3 Å². The van der Waals surface area contributed by atoms with Crippen LogP contribution in [0.15, 0.2) is 69.6 Å². The van der Waals surface area contributed by atoms with Gasteiger partial charge in [-0.15, -0.1) is 0 Å². The van der Waals surface area contributed by atoms with Gasteiger partial charge in [0, 0.05) is 44.1 Å². The maximum Gasteiger partial charge on any atom is 0.339 e. The van der Waals surface area contributed by atoms with Gasteiger partial charge in [-0.25, -0.2) is 4.79 Å². The third-order valence-corrected chi connectivity index (χ3v) is 7.10. The summed E-state index contributed by atoms with van der Waals surface area (Å²) in [6, 6.07) is 12.2. The minimum Gasteiger partial charge on any atom is -0.466 e. The molecule has 3 N–H and O–H groups in total. The molecule has 5 rings (SSSR count). The molecule has 168 valence electrons. The second-order valence-corrected chi connectivity index (χ2v) is 9.41. The van der Waals surface area contributed by atoms with Gasteiger partial charge in [-0.1, -0.05) is 27.5 Å². The van der Waals surface area contributed by atoms with E-state index in [0.29, 0.717) is 45.0 Å². The number of hydrogen-bond acceptors (Lipinski definition) is 6. The fourth-order valence-electron chi connectivity index (χ4n) is 5.07. The summed E-state index contributed by atoms with van der Waals surface area (Å²) in [5.74, 6) is -1.44. The first kappa shape index (κ1) is 21.7. The summed E-state index contributed by atoms with van der Waals surface area (Å²) >= 11 is 9.53. The van der Waals surface area contributed by atoms with Crippen LogP contribution in [0.25, 0.3) is 0 Å². The highest BCUT2D eigenvalue weighted by molar-refractivity contribution is 9.10. The van der Waals surface area contributed by atoms with Gasteiger partial charge in [0.2, 0.25) is 5.91 Å². The predicted octanol–water partition coefficient (Wildman–Crippen LogP) is 4.16. The van der Waals surface area contributed by atoms with Gasteiger partial charge in [0.05, 0.1) is 7.11 Å². The molecular weight excluding hydrogens is 510 g/mol. The average Bonchev–Trinajstić information content (AvgIpc) is 3.06. The molecule has 0 saturated heterocycles. The first-order valence-corrected chi connectivity index (χ1v) is 11.5. The standard InChI is InChI=1S/C24H19BrClN3O4/c1-33-22(31)20-21(27)29(14-8-6-13(26)7-9-14)17-3-2-4-18(30)19(17)24(20)15-11-12(25)5-10-16(15)28-23(24)32/h5-11H,2-4,27H2,1H3,(H,28,32). The summed E-state index contributed by atoms with van der Waals surface area (Å²) in [7, 11) is 1.23. The minimum absolute atomic E-state index is 0.0422. The Bertz CT molecular complexity index is 1300. The predicted molar refractivity (Wildman–Crippen MR) is 127 cm³/mol. The number of methoxy groups -OCH3 is 1. The molecule has 2 aromatic carbocycles. The lowest BCUT2D eigenvalue weighted by Crippen LogP contribution is -2.53. The van der Waals surface area contributed by atoms with Crippen molar-refractivity contribution in [3.05, 3.63) is 80.2 Å². The number of ether oxygens (including phenoxy) is 1. The van der Waals surface area contributed by atoms with Gasteiger partial charge >= 0.3 is 5.97 Å². The van der Waals surface area contributed by atoms with Gasteiger partial charge < -0.3 is 15.8 Å². The number of nitrogens with one attached hydrogen (secondary N) is 1. The number of amides is 1. The summed E-state index contributed by atoms with van der Waals surface area (Å²) in [4.78, 5) is 42.2. The smallest absolute Gasteiger partial charge is 0.339 e. The number of ketones is 1. The van der Waals surface area contributed by atoms with E-state index in [0.717, 1.165) is 0 Å². The summed E-state index contributed by atoms with van der Waals surface area (Å²) in [5, 5.41) is 3.38. The van der Waals surface area contributed by atoms with Crippen LogP contribution in [0, 0.1) is 0 Å². The molecule has 0 saturated carbocycles. The second-order valence-electron chi connectivity index (χ2n) is 8.06. The number of hydrogen-bond donors (Lipinski definition) is 2. The summed E-state index contributed by atoms with van der Waals surface area (Å²) in [6.07, 6.45) is 1.38. The average molecular weight is 529 g/mol. The molecule has 1 unspecified atom stereocenters. The number of carbonyl (C=O) groups excluding carboxylic acids is 3. The zero-order valence-corrected chi connectivity index (χ0v) is 19.9. The lowest BCUT2D eigenvalue weighted by Gasteiger charge is -2.44. The van der Waals surface area contributed by atoms with Crippen LogP contribution in [0.3, 0.4) is 0 Å². The maximum atomic E-state index is 13.7. The SMILES string of the molecule is COC(=O)C1=C(N)N(c2ccc(Cl)cc2)C2=C(C(=O)CCC2)C12C(=O)Nc1ccc(Br)cc12. The molecule has 1 atom stereocenters. The number of nitrogens with zero attached hydrogens (tertiary/aromatic N) is 1. The molecule has 9 heteroatoms. The number of rotatable bonds is 2. The molecule has 0 fully saturated rings. The Morgan fingerprint density at radius 1 is 1.18 bits per heavy atom. The molecule has 0 bridgehead atoms. The van der Waals surface area contributed by atoms with Crippen LogP contribution >= 0.6 is 27.5 Å². The molecule has 2 heterocycles. The van der Waals surface area contributed by atoms with Crippen LogP contribution in [0.4, 0.5) is 11.4 Å². The lowest BCUT2D eigenvalue weighted by molar-refractivity contribution is -0.138. The summed E-state index contributed by atoms with van der Waals surface area (Å²) in [6.45, 7) is 0. The number of nitrogens with two attached hydrogens (primary N) is 1. The monoisotopic (exact) mass is 527 g/mol. The van der Waals surface area contributed by atoms with Gasteiger partial charge in [0.1, 0.15) is 16.8 Å². The Balaban J connectivity index is 1.91. The quantitative estimate of drug-likeness (QED) is 0.568. The number of carbonyl (C=O) groups is 3. The fourth-order valence-corrected chi connectivity index (χ4v) is 5.55. The minimum atomic E-state index is -1.70. The Morgan fingerprint density at radius 3 is 2.61 bits per heavy atom. The van der Waals surface area contributed by atoms with Crippen LogP contribution in [0.1, 0.15) is 24.8 Å². The van der Waals surface area contributed by atoms with Crippen LogP contribution in [0.2, 0.25) is 5.02 Å². The van der Waals surface area contributed by atoms with E-state index in [1.807, 2.05) is 0 Å². The van der Waals surface area contributed by atoms with E-state index < -0.39 is 17.3 Å². The van der Waals surface area contributed by atoms with Crippen molar-refractivity contribution in [1.82, 2.24) is 0 Å². The maximum absolute atomic E-state index is 13.7. The highest BCUT2D eigenvalue weighted by Crippen LogP contribution is 2.55. The van der Waals surface area contributed by atoms with Crippen molar-refractivity contribution in [2.45, 2.75) is 24.7 Å². The molecule has 3 aliphatic rings. The number of halogens is 2. The lowest BCUT2D eigenvalue weighted by atomic mass is 9.63. The highest BCUT2D eigenvalue weighted by Gasteiger charge is 2.61. The van der Waals surface area contributed by atoms with E-state index in [1.54, 1.807) is 47.4 Å². The van der Waals surface area contributed by atoms with E-state index >= 15 is 0 Å². The zero-order chi connectivity index (χ0) is 23.5. The molecule has 33 heavy (non-hydrogen) atoms. The van der Waals surface area contributed by atoms with E-state index in [1.165, 1.54) is 7.11 Å². The van der Waals surface area contributed by atoms with Crippen molar-refractivity contribution in [2.24, 2.45) is 5.73 Å². The van der Waals surface area contributed by atoms with Gasteiger partial charge in [0.25, 0.3) is 0 Å². The number of Topliss-reactive ketones (excluding diaryl/α,β-unsaturated/α-hetero) is 1. The van der Waals surface area contributed by atoms with Gasteiger partial charge in [-0.2, -0.15) is 0 Å². The normalized spacial score (nSPS) is 21.8. The summed E-state index contributed by atoms with van der Waals surface area (Å²) < 4.78 is 5.81. The molecule has 0 aromatic heterocycles. The van der Waals surface area contributed by atoms with Crippen molar-refractivity contribution >= 4 is 56.6 Å². The molecule has 0 radical (unpaired) electrons. The van der Waals surface area contributed by atoms with E-state index in [4.69, 9.17) is 22.1 Å². The Hall–Kier alpha value is -3.10. The summed E-state index contributed by atoms with van der Waals surface area (Å²) in [5.41, 5.74) is 7.38. The fraction of sp³-hybridized carbons (Fsp3) is 0.208. The van der Waals surface area contributed by atoms with E-state index in [2.05, 4.69) is 21.2 Å². The number of allylic oxidation sites excluding steroid dienone is 1. The zero-order valence-electron chi connectivity index (χ0n) is 17.6. The van der Waals surface area contributed by atoms with Gasteiger partial charge in [0.15, 0.2) is 5.78 Å². The second kappa shape index (κ2) is 7.74. The Morgan fingerprint density at radius 2 is 1.91 bits per heavy atom. The number of fused-ring (bicyclic) bond motifs is 3. The van der Waals surface area contributed by atoms with Crippen LogP contribution in [-0.4, -0.2) is 24.8 Å². The molecule has 7 nitrogen and oxygen atoms in total. The molecule has 2 aromatic rings. The Labute approximate surface area is 203 Å². The Kier molecular flexibility index (Phi) is 5.10. The topological polar surface area (TPSA) is 102 Å². The number of esters is 1. The molecule has 1 amide bonds. The number of benzene rings is 2. The third kappa shape index (κ3) is 2.97.